The van der Waals surface area contributed by atoms with E-state index in [9.17, 15) is 10.2 Å². The summed E-state index contributed by atoms with van der Waals surface area (Å²) in [5.74, 6) is 0.767. The van der Waals surface area contributed by atoms with Gasteiger partial charge < -0.3 is 10.2 Å². The first-order valence-corrected chi connectivity index (χ1v) is 15.5. The fourth-order valence-electron chi connectivity index (χ4n) is 8.31. The van der Waals surface area contributed by atoms with Crippen LogP contribution < -0.4 is 0 Å². The Balaban J connectivity index is 1.80. The van der Waals surface area contributed by atoms with Crippen LogP contribution in [0.5, 0.6) is 11.5 Å². The number of hydrogen-bond acceptors (Lipinski definition) is 2. The average molecular weight is 561 g/mol. The molecule has 1 aliphatic carbocycles. The fraction of sp³-hybridized carbons (Fsp3) is 0.400. The lowest BCUT2D eigenvalue weighted by molar-refractivity contribution is 0.253. The summed E-state index contributed by atoms with van der Waals surface area (Å²) < 4.78 is 0. The van der Waals surface area contributed by atoms with E-state index in [2.05, 4.69) is 90.1 Å². The van der Waals surface area contributed by atoms with Crippen molar-refractivity contribution in [2.24, 2.45) is 0 Å². The van der Waals surface area contributed by atoms with Gasteiger partial charge in [-0.25, -0.2) is 0 Å². The van der Waals surface area contributed by atoms with Crippen LogP contribution in [-0.4, -0.2) is 10.2 Å². The van der Waals surface area contributed by atoms with Gasteiger partial charge in [0.25, 0.3) is 0 Å². The van der Waals surface area contributed by atoms with Crippen molar-refractivity contribution in [3.63, 3.8) is 0 Å². The van der Waals surface area contributed by atoms with E-state index < -0.39 is 0 Å². The van der Waals surface area contributed by atoms with Crippen LogP contribution in [0.4, 0.5) is 0 Å². The molecule has 0 amide bonds. The second kappa shape index (κ2) is 10.6. The number of phenolic OH excluding ortho intramolecular Hbond substituents is 2. The SMILES string of the molecule is Cc1ccc(C)c(C2(c3c(C)ccc(C)c3C)CCC(c3cc(C)c(O)c(C)c3)(c3cc(C)c(O)c(C)c3)CC2)c1C. The lowest BCUT2D eigenvalue weighted by Crippen LogP contribution is -2.43. The summed E-state index contributed by atoms with van der Waals surface area (Å²) in [4.78, 5) is 0. The quantitative estimate of drug-likeness (QED) is 0.261. The highest BCUT2D eigenvalue weighted by molar-refractivity contribution is 5.58. The van der Waals surface area contributed by atoms with E-state index in [1.54, 1.807) is 0 Å². The minimum atomic E-state index is -0.229. The van der Waals surface area contributed by atoms with Gasteiger partial charge in [0.1, 0.15) is 11.5 Å². The Morgan fingerprint density at radius 3 is 1.02 bits per heavy atom. The molecule has 4 aromatic rings. The van der Waals surface area contributed by atoms with E-state index >= 15 is 0 Å². The molecule has 2 N–H and O–H groups in total. The molecule has 0 heterocycles. The monoisotopic (exact) mass is 560 g/mol. The Morgan fingerprint density at radius 2 is 0.690 bits per heavy atom. The molecule has 0 radical (unpaired) electrons. The van der Waals surface area contributed by atoms with Gasteiger partial charge in [0, 0.05) is 10.8 Å². The van der Waals surface area contributed by atoms with Crippen LogP contribution in [0.1, 0.15) is 104 Å². The number of rotatable bonds is 4. The van der Waals surface area contributed by atoms with Crippen molar-refractivity contribution in [2.45, 2.75) is 106 Å². The smallest absolute Gasteiger partial charge is 0.121 e. The molecule has 1 fully saturated rings. The van der Waals surface area contributed by atoms with Gasteiger partial charge in [0.05, 0.1) is 0 Å². The van der Waals surface area contributed by atoms with Crippen LogP contribution in [0.3, 0.4) is 0 Å². The van der Waals surface area contributed by atoms with Gasteiger partial charge in [0.15, 0.2) is 0 Å². The molecule has 220 valence electrons. The summed E-state index contributed by atoms with van der Waals surface area (Å²) in [6.45, 7) is 21.8. The third-order valence-electron chi connectivity index (χ3n) is 10.9. The second-order valence-electron chi connectivity index (χ2n) is 13.5. The summed E-state index contributed by atoms with van der Waals surface area (Å²) in [6.07, 6.45) is 3.97. The molecular formula is C40H48O2. The zero-order chi connectivity index (χ0) is 30.7. The van der Waals surface area contributed by atoms with E-state index in [4.69, 9.17) is 0 Å². The molecule has 0 unspecified atom stereocenters. The summed E-state index contributed by atoms with van der Waals surface area (Å²) in [5, 5.41) is 21.5. The predicted octanol–water partition coefficient (Wildman–Crippen LogP) is 10.0. The predicted molar refractivity (Wildman–Crippen MR) is 176 cm³/mol. The molecule has 0 bridgehead atoms. The zero-order valence-electron chi connectivity index (χ0n) is 27.3. The van der Waals surface area contributed by atoms with Crippen molar-refractivity contribution in [3.05, 3.63) is 126 Å². The lowest BCUT2D eigenvalue weighted by Gasteiger charge is -2.50. The van der Waals surface area contributed by atoms with Gasteiger partial charge in [-0.2, -0.15) is 0 Å². The van der Waals surface area contributed by atoms with Gasteiger partial charge in [-0.1, -0.05) is 48.5 Å². The minimum absolute atomic E-state index is 0.105. The lowest BCUT2D eigenvalue weighted by atomic mass is 9.53. The van der Waals surface area contributed by atoms with Crippen LogP contribution in [0.2, 0.25) is 0 Å². The average Bonchev–Trinajstić information content (AvgIpc) is 2.95. The molecule has 1 saturated carbocycles. The normalized spacial score (nSPS) is 16.0. The maximum atomic E-state index is 10.7. The number of aryl methyl sites for hydroxylation is 8. The molecule has 0 saturated heterocycles. The molecule has 0 spiro atoms. The Labute approximate surface area is 253 Å². The van der Waals surface area contributed by atoms with E-state index in [-0.39, 0.29) is 10.8 Å². The second-order valence-corrected chi connectivity index (χ2v) is 13.5. The van der Waals surface area contributed by atoms with Crippen molar-refractivity contribution in [3.8, 4) is 11.5 Å². The summed E-state index contributed by atoms with van der Waals surface area (Å²) in [7, 11) is 0. The topological polar surface area (TPSA) is 40.5 Å². The van der Waals surface area contributed by atoms with E-state index in [0.29, 0.717) is 11.5 Å². The number of aromatic hydroxyl groups is 2. The van der Waals surface area contributed by atoms with Gasteiger partial charge in [-0.05, 0) is 173 Å². The van der Waals surface area contributed by atoms with Gasteiger partial charge >= 0.3 is 0 Å². The summed E-state index contributed by atoms with van der Waals surface area (Å²) in [6, 6.07) is 18.0. The third-order valence-corrected chi connectivity index (χ3v) is 10.9. The van der Waals surface area contributed by atoms with Gasteiger partial charge in [0.2, 0.25) is 0 Å². The molecule has 4 aromatic carbocycles. The largest absolute Gasteiger partial charge is 0.507 e. The molecule has 1 aliphatic rings. The number of phenols is 2. The number of benzene rings is 4. The van der Waals surface area contributed by atoms with Crippen LogP contribution in [-0.2, 0) is 10.8 Å². The first kappa shape index (κ1) is 30.0. The summed E-state index contributed by atoms with van der Waals surface area (Å²) >= 11 is 0. The van der Waals surface area contributed by atoms with Crippen LogP contribution in [0.15, 0.2) is 48.5 Å². The zero-order valence-corrected chi connectivity index (χ0v) is 27.3. The molecule has 0 atom stereocenters. The van der Waals surface area contributed by atoms with Crippen LogP contribution in [0, 0.1) is 69.2 Å². The van der Waals surface area contributed by atoms with Crippen LogP contribution >= 0.6 is 0 Å². The van der Waals surface area contributed by atoms with E-state index in [0.717, 1.165) is 47.9 Å². The molecule has 5 rings (SSSR count). The highest BCUT2D eigenvalue weighted by Gasteiger charge is 2.49. The van der Waals surface area contributed by atoms with Crippen molar-refractivity contribution in [1.29, 1.82) is 0 Å². The minimum Gasteiger partial charge on any atom is -0.507 e. The molecule has 2 heteroatoms. The maximum Gasteiger partial charge on any atom is 0.121 e. The number of hydrogen-bond donors (Lipinski definition) is 2. The summed E-state index contributed by atoms with van der Waals surface area (Å²) in [5.41, 5.74) is 17.2. The maximum absolute atomic E-state index is 10.7. The molecular weight excluding hydrogens is 512 g/mol. The molecule has 42 heavy (non-hydrogen) atoms. The highest BCUT2D eigenvalue weighted by atomic mass is 16.3. The van der Waals surface area contributed by atoms with Crippen molar-refractivity contribution >= 4 is 0 Å². The standard InChI is InChI=1S/C40H48O2/c1-23-11-13-25(3)35(31(23)9)40(36-26(4)14-12-24(2)32(36)10)17-15-39(16-18-40,33-19-27(5)37(41)28(6)20-33)34-21-29(7)38(42)30(8)22-34/h11-14,19-22,41-42H,15-18H2,1-10H3. The molecule has 0 aliphatic heterocycles. The van der Waals surface area contributed by atoms with Gasteiger partial charge in [-0.3, -0.25) is 0 Å². The van der Waals surface area contributed by atoms with Crippen molar-refractivity contribution in [2.75, 3.05) is 0 Å². The Bertz CT molecular complexity index is 1530. The van der Waals surface area contributed by atoms with Crippen molar-refractivity contribution < 1.29 is 10.2 Å². The van der Waals surface area contributed by atoms with Crippen molar-refractivity contribution in [1.82, 2.24) is 0 Å². The molecule has 2 nitrogen and oxygen atoms in total. The first-order valence-electron chi connectivity index (χ1n) is 15.5. The van der Waals surface area contributed by atoms with Crippen LogP contribution in [0.25, 0.3) is 0 Å². The first-order chi connectivity index (χ1) is 19.7. The highest BCUT2D eigenvalue weighted by Crippen LogP contribution is 2.57. The van der Waals surface area contributed by atoms with E-state index in [1.807, 2.05) is 27.7 Å². The Morgan fingerprint density at radius 1 is 0.405 bits per heavy atom. The van der Waals surface area contributed by atoms with Gasteiger partial charge in [-0.15, -0.1) is 0 Å². The fourth-order valence-corrected chi connectivity index (χ4v) is 8.31. The third kappa shape index (κ3) is 4.55. The molecule has 0 aromatic heterocycles. The van der Waals surface area contributed by atoms with E-state index in [1.165, 1.54) is 55.6 Å². The Kier molecular flexibility index (Phi) is 7.59. The Hall–Kier alpha value is -3.52.